The lowest BCUT2D eigenvalue weighted by Crippen LogP contribution is -2.48. The number of nitrogens with zero attached hydrogens (tertiary/aromatic N) is 1. The summed E-state index contributed by atoms with van der Waals surface area (Å²) in [4.78, 5) is 0. The van der Waals surface area contributed by atoms with Crippen LogP contribution in [0, 0.1) is 23.1 Å². The molecule has 1 N–H and O–H groups in total. The van der Waals surface area contributed by atoms with Crippen molar-refractivity contribution in [3.8, 4) is 22.9 Å². The quantitative estimate of drug-likeness (QED) is 0.672. The predicted octanol–water partition coefficient (Wildman–Crippen LogP) is 4.49. The van der Waals surface area contributed by atoms with E-state index in [9.17, 15) is 26.9 Å². The molecule has 0 aromatic heterocycles. The topological polar surface area (TPSA) is 79.2 Å². The van der Waals surface area contributed by atoms with Crippen LogP contribution in [0.4, 0.5) is 13.2 Å². The maximum atomic E-state index is 13.9. The van der Waals surface area contributed by atoms with Gasteiger partial charge in [-0.25, -0.2) is 26.3 Å². The lowest BCUT2D eigenvalue weighted by Gasteiger charge is -2.36. The van der Waals surface area contributed by atoms with Gasteiger partial charge < -0.3 is 4.74 Å². The molecule has 2 aromatic rings. The fraction of sp³-hybridized carbons (Fsp3) is 0.409. The van der Waals surface area contributed by atoms with Gasteiger partial charge in [0.15, 0.2) is 0 Å². The fourth-order valence-corrected chi connectivity index (χ4v) is 4.61. The van der Waals surface area contributed by atoms with Gasteiger partial charge in [-0.15, -0.1) is 0 Å². The molecule has 0 amide bonds. The molecule has 0 unspecified atom stereocenters. The van der Waals surface area contributed by atoms with Crippen LogP contribution in [0.3, 0.4) is 0 Å². The van der Waals surface area contributed by atoms with Crippen molar-refractivity contribution < 1.29 is 26.3 Å². The predicted molar refractivity (Wildman–Crippen MR) is 111 cm³/mol. The number of halogens is 3. The van der Waals surface area contributed by atoms with Crippen LogP contribution in [-0.4, -0.2) is 32.7 Å². The second-order valence-electron chi connectivity index (χ2n) is 7.62. The summed E-state index contributed by atoms with van der Waals surface area (Å²) in [6.45, 7) is 1.43. The monoisotopic (exact) mass is 452 g/mol. The minimum atomic E-state index is -3.52. The van der Waals surface area contributed by atoms with E-state index in [1.807, 2.05) is 6.07 Å². The van der Waals surface area contributed by atoms with Gasteiger partial charge in [0.25, 0.3) is 0 Å². The zero-order chi connectivity index (χ0) is 22.6. The summed E-state index contributed by atoms with van der Waals surface area (Å²) in [5, 5.41) is 9.20. The SMILES string of the molecule is CCS(=O)(=O)N[C@H]1CCC(F)(F)C[C@@H]1COc1ccc(-c2ccc(F)cc2C#N)cc1. The summed E-state index contributed by atoms with van der Waals surface area (Å²) in [5.41, 5.74) is 1.45. The minimum Gasteiger partial charge on any atom is -0.493 e. The lowest BCUT2D eigenvalue weighted by atomic mass is 9.83. The number of alkyl halides is 2. The first-order chi connectivity index (χ1) is 14.6. The molecule has 0 aliphatic heterocycles. The molecule has 2 aromatic carbocycles. The molecular formula is C22H23F3N2O3S. The first-order valence-electron chi connectivity index (χ1n) is 9.93. The zero-order valence-electron chi connectivity index (χ0n) is 16.9. The smallest absolute Gasteiger partial charge is 0.248 e. The summed E-state index contributed by atoms with van der Waals surface area (Å²) in [7, 11) is -3.52. The Labute approximate surface area is 179 Å². The largest absolute Gasteiger partial charge is 0.493 e. The number of ether oxygens (including phenoxy) is 1. The Morgan fingerprint density at radius 3 is 2.58 bits per heavy atom. The summed E-state index contributed by atoms with van der Waals surface area (Å²) in [5.74, 6) is -3.73. The van der Waals surface area contributed by atoms with Gasteiger partial charge in [-0.3, -0.25) is 0 Å². The number of nitriles is 1. The molecule has 0 radical (unpaired) electrons. The Bertz CT molecular complexity index is 1070. The number of rotatable bonds is 7. The molecule has 31 heavy (non-hydrogen) atoms. The Kier molecular flexibility index (Phi) is 6.92. The highest BCUT2D eigenvalue weighted by Gasteiger charge is 2.42. The Hall–Kier alpha value is -2.57. The minimum absolute atomic E-state index is 0.0424. The molecule has 5 nitrogen and oxygen atoms in total. The molecule has 9 heteroatoms. The first-order valence-corrected chi connectivity index (χ1v) is 11.6. The van der Waals surface area contributed by atoms with E-state index in [2.05, 4.69) is 4.72 Å². The molecule has 2 atom stereocenters. The average molecular weight is 452 g/mol. The number of sulfonamides is 1. The molecule has 3 rings (SSSR count). The highest BCUT2D eigenvalue weighted by Crippen LogP contribution is 2.37. The zero-order valence-corrected chi connectivity index (χ0v) is 17.8. The van der Waals surface area contributed by atoms with Gasteiger partial charge >= 0.3 is 0 Å². The van der Waals surface area contributed by atoms with Gasteiger partial charge in [0, 0.05) is 24.8 Å². The average Bonchev–Trinajstić information content (AvgIpc) is 2.74. The number of hydrogen-bond donors (Lipinski definition) is 1. The molecule has 1 aliphatic rings. The van der Waals surface area contributed by atoms with Gasteiger partial charge in [-0.05, 0) is 48.7 Å². The number of nitrogens with one attached hydrogen (secondary N) is 1. The van der Waals surface area contributed by atoms with Crippen molar-refractivity contribution in [3.63, 3.8) is 0 Å². The van der Waals surface area contributed by atoms with Crippen molar-refractivity contribution >= 4 is 10.0 Å². The van der Waals surface area contributed by atoms with Crippen LogP contribution in [-0.2, 0) is 10.0 Å². The van der Waals surface area contributed by atoms with E-state index in [1.165, 1.54) is 19.1 Å². The standard InChI is InChI=1S/C22H23F3N2O3S/c1-2-31(28,29)27-21-9-10-22(24,25)12-17(21)14-30-19-6-3-15(4-7-19)20-8-5-18(23)11-16(20)13-26/h3-8,11,17,21,27H,2,9-10,12,14H2,1H3/t17-,21+/m1/s1. The first kappa shape index (κ1) is 23.1. The molecule has 0 spiro atoms. The normalized spacial score (nSPS) is 20.7. The van der Waals surface area contributed by atoms with E-state index in [4.69, 9.17) is 4.74 Å². The number of hydrogen-bond acceptors (Lipinski definition) is 4. The summed E-state index contributed by atoms with van der Waals surface area (Å²) in [6.07, 6.45) is -0.780. The van der Waals surface area contributed by atoms with Gasteiger partial charge in [0.05, 0.1) is 24.0 Å². The highest BCUT2D eigenvalue weighted by atomic mass is 32.2. The maximum absolute atomic E-state index is 13.9. The summed E-state index contributed by atoms with van der Waals surface area (Å²) < 4.78 is 73.2. The number of benzene rings is 2. The van der Waals surface area contributed by atoms with Gasteiger partial charge in [0.2, 0.25) is 15.9 Å². The molecule has 0 saturated heterocycles. The Balaban J connectivity index is 1.71. The summed E-state index contributed by atoms with van der Waals surface area (Å²) in [6, 6.07) is 11.9. The van der Waals surface area contributed by atoms with Crippen LogP contribution in [0.1, 0.15) is 31.7 Å². The van der Waals surface area contributed by atoms with Crippen molar-refractivity contribution in [2.45, 2.75) is 38.2 Å². The van der Waals surface area contributed by atoms with E-state index >= 15 is 0 Å². The van der Waals surface area contributed by atoms with Crippen LogP contribution in [0.25, 0.3) is 11.1 Å². The Morgan fingerprint density at radius 1 is 1.23 bits per heavy atom. The molecule has 0 heterocycles. The van der Waals surface area contributed by atoms with Crippen LogP contribution < -0.4 is 9.46 Å². The molecule has 166 valence electrons. The van der Waals surface area contributed by atoms with Crippen molar-refractivity contribution in [2.75, 3.05) is 12.4 Å². The van der Waals surface area contributed by atoms with E-state index < -0.39 is 40.1 Å². The van der Waals surface area contributed by atoms with Crippen LogP contribution in [0.15, 0.2) is 42.5 Å². The second-order valence-corrected chi connectivity index (χ2v) is 9.67. The third kappa shape index (κ3) is 5.99. The molecule has 1 saturated carbocycles. The van der Waals surface area contributed by atoms with Crippen LogP contribution in [0.2, 0.25) is 0 Å². The summed E-state index contributed by atoms with van der Waals surface area (Å²) >= 11 is 0. The Morgan fingerprint density at radius 2 is 1.94 bits per heavy atom. The van der Waals surface area contributed by atoms with Crippen molar-refractivity contribution in [1.82, 2.24) is 4.72 Å². The van der Waals surface area contributed by atoms with Gasteiger partial charge in [-0.1, -0.05) is 18.2 Å². The van der Waals surface area contributed by atoms with Crippen molar-refractivity contribution in [1.29, 1.82) is 5.26 Å². The van der Waals surface area contributed by atoms with Gasteiger partial charge in [0.1, 0.15) is 11.6 Å². The molecule has 1 fully saturated rings. The van der Waals surface area contributed by atoms with E-state index in [0.29, 0.717) is 16.9 Å². The van der Waals surface area contributed by atoms with Crippen molar-refractivity contribution in [3.05, 3.63) is 53.8 Å². The van der Waals surface area contributed by atoms with Crippen molar-refractivity contribution in [2.24, 2.45) is 5.92 Å². The highest BCUT2D eigenvalue weighted by molar-refractivity contribution is 7.89. The molecule has 1 aliphatic carbocycles. The third-order valence-electron chi connectivity index (χ3n) is 5.39. The maximum Gasteiger partial charge on any atom is 0.248 e. The van der Waals surface area contributed by atoms with E-state index in [1.54, 1.807) is 24.3 Å². The second kappa shape index (κ2) is 9.28. The van der Waals surface area contributed by atoms with Crippen LogP contribution >= 0.6 is 0 Å². The molecular weight excluding hydrogens is 429 g/mol. The fourth-order valence-electron chi connectivity index (χ4n) is 3.67. The van der Waals surface area contributed by atoms with Crippen LogP contribution in [0.5, 0.6) is 5.75 Å². The van der Waals surface area contributed by atoms with E-state index in [-0.39, 0.29) is 30.8 Å². The van der Waals surface area contributed by atoms with E-state index in [0.717, 1.165) is 6.07 Å². The van der Waals surface area contributed by atoms with Gasteiger partial charge in [-0.2, -0.15) is 5.26 Å². The third-order valence-corrected chi connectivity index (χ3v) is 6.82. The lowest BCUT2D eigenvalue weighted by molar-refractivity contribution is -0.0660. The molecule has 0 bridgehead atoms.